The minimum atomic E-state index is -2.19. The summed E-state index contributed by atoms with van der Waals surface area (Å²) in [6.07, 6.45) is 0. The van der Waals surface area contributed by atoms with Crippen molar-refractivity contribution in [1.29, 1.82) is 0 Å². The van der Waals surface area contributed by atoms with E-state index in [0.717, 1.165) is 0 Å². The van der Waals surface area contributed by atoms with Gasteiger partial charge in [0.05, 0.1) is 19.1 Å². The van der Waals surface area contributed by atoms with Gasteiger partial charge in [-0.15, -0.1) is 0 Å². The smallest absolute Gasteiger partial charge is 0.363 e. The molecule has 2 rings (SSSR count). The van der Waals surface area contributed by atoms with Crippen LogP contribution in [0.5, 0.6) is 0 Å². The van der Waals surface area contributed by atoms with E-state index in [0.29, 0.717) is 5.56 Å². The molecule has 1 fully saturated rings. The molecule has 0 N–H and O–H groups in total. The van der Waals surface area contributed by atoms with Gasteiger partial charge in [0.1, 0.15) is 0 Å². The van der Waals surface area contributed by atoms with E-state index in [2.05, 4.69) is 6.58 Å². The van der Waals surface area contributed by atoms with E-state index < -0.39 is 29.4 Å². The number of cyclic esters (lactones) is 1. The van der Waals surface area contributed by atoms with Crippen LogP contribution in [0.1, 0.15) is 25.3 Å². The van der Waals surface area contributed by atoms with Crippen LogP contribution in [-0.2, 0) is 28.6 Å². The van der Waals surface area contributed by atoms with E-state index in [9.17, 15) is 14.4 Å². The number of esters is 3. The van der Waals surface area contributed by atoms with Crippen LogP contribution in [0, 0.1) is 0 Å². The molecule has 6 nitrogen and oxygen atoms in total. The minimum absolute atomic E-state index is 0.0114. The van der Waals surface area contributed by atoms with E-state index >= 15 is 0 Å². The Bertz CT molecular complexity index is 616. The molecule has 1 aromatic carbocycles. The Balaban J connectivity index is 2.61. The lowest BCUT2D eigenvalue weighted by molar-refractivity contribution is -0.190. The quantitative estimate of drug-likeness (QED) is 0.356. The largest absolute Gasteiger partial charge is 0.463 e. The Labute approximate surface area is 134 Å². The van der Waals surface area contributed by atoms with Gasteiger partial charge in [-0.1, -0.05) is 36.9 Å². The van der Waals surface area contributed by atoms with Gasteiger partial charge >= 0.3 is 23.5 Å². The second-order valence-electron chi connectivity index (χ2n) is 4.94. The Morgan fingerprint density at radius 2 is 1.65 bits per heavy atom. The topological polar surface area (TPSA) is 78.9 Å². The maximum absolute atomic E-state index is 12.5. The molecular weight excluding hydrogens is 300 g/mol. The van der Waals surface area contributed by atoms with Crippen LogP contribution in [0.25, 0.3) is 0 Å². The van der Waals surface area contributed by atoms with Crippen LogP contribution in [0.3, 0.4) is 0 Å². The van der Waals surface area contributed by atoms with Crippen LogP contribution in [0.2, 0.25) is 0 Å². The van der Waals surface area contributed by atoms with Crippen molar-refractivity contribution in [2.45, 2.75) is 25.4 Å². The summed E-state index contributed by atoms with van der Waals surface area (Å²) >= 11 is 0. The first-order chi connectivity index (χ1) is 11.0. The van der Waals surface area contributed by atoms with Gasteiger partial charge in [0.25, 0.3) is 0 Å². The van der Waals surface area contributed by atoms with Crippen LogP contribution < -0.4 is 0 Å². The van der Waals surface area contributed by atoms with Crippen LogP contribution >= 0.6 is 0 Å². The van der Waals surface area contributed by atoms with Crippen molar-refractivity contribution < 1.29 is 28.6 Å². The van der Waals surface area contributed by atoms with Gasteiger partial charge in [0, 0.05) is 5.57 Å². The van der Waals surface area contributed by atoms with Gasteiger partial charge in [0.15, 0.2) is 0 Å². The van der Waals surface area contributed by atoms with Crippen molar-refractivity contribution in [3.05, 3.63) is 48.0 Å². The Morgan fingerprint density at radius 1 is 1.13 bits per heavy atom. The zero-order valence-electron chi connectivity index (χ0n) is 13.0. The first-order valence-corrected chi connectivity index (χ1v) is 7.30. The Morgan fingerprint density at radius 3 is 2.13 bits per heavy atom. The summed E-state index contributed by atoms with van der Waals surface area (Å²) in [5, 5.41) is 0. The lowest BCUT2D eigenvalue weighted by Gasteiger charge is -2.28. The standard InChI is InChI=1S/C17H18O6/c1-4-21-15(19)17(16(20)22-5-2)13(11(3)14(18)23-17)12-9-7-6-8-10-12/h6-10,13H,3-5H2,1-2H3/t13-/m1/s1. The molecule has 1 atom stereocenters. The summed E-state index contributed by atoms with van der Waals surface area (Å²) in [6, 6.07) is 8.61. The molecular formula is C17H18O6. The van der Waals surface area contributed by atoms with E-state index in [1.807, 2.05) is 0 Å². The molecule has 0 saturated carbocycles. The second kappa shape index (κ2) is 6.64. The van der Waals surface area contributed by atoms with E-state index in [1.54, 1.807) is 44.2 Å². The fourth-order valence-electron chi connectivity index (χ4n) is 2.59. The fourth-order valence-corrected chi connectivity index (χ4v) is 2.59. The molecule has 0 unspecified atom stereocenters. The minimum Gasteiger partial charge on any atom is -0.463 e. The molecule has 1 aliphatic heterocycles. The molecule has 1 saturated heterocycles. The summed E-state index contributed by atoms with van der Waals surface area (Å²) in [6.45, 7) is 6.94. The molecule has 0 amide bonds. The summed E-state index contributed by atoms with van der Waals surface area (Å²) < 4.78 is 15.1. The number of hydrogen-bond donors (Lipinski definition) is 0. The number of hydrogen-bond acceptors (Lipinski definition) is 6. The Kier molecular flexibility index (Phi) is 4.83. The third-order valence-electron chi connectivity index (χ3n) is 3.56. The van der Waals surface area contributed by atoms with Gasteiger partial charge in [-0.2, -0.15) is 0 Å². The first kappa shape index (κ1) is 16.7. The maximum Gasteiger partial charge on any atom is 0.363 e. The number of carbonyl (C=O) groups is 3. The summed E-state index contributed by atoms with van der Waals surface area (Å²) in [7, 11) is 0. The van der Waals surface area contributed by atoms with Crippen LogP contribution in [-0.4, -0.2) is 36.7 Å². The number of rotatable bonds is 5. The average molecular weight is 318 g/mol. The highest BCUT2D eigenvalue weighted by atomic mass is 16.6. The molecule has 0 bridgehead atoms. The molecule has 1 aliphatic rings. The van der Waals surface area contributed by atoms with E-state index in [-0.39, 0.29) is 18.8 Å². The summed E-state index contributed by atoms with van der Waals surface area (Å²) in [5.41, 5.74) is -1.64. The van der Waals surface area contributed by atoms with Crippen LogP contribution in [0.4, 0.5) is 0 Å². The van der Waals surface area contributed by atoms with Crippen LogP contribution in [0.15, 0.2) is 42.5 Å². The molecule has 0 spiro atoms. The van der Waals surface area contributed by atoms with E-state index in [4.69, 9.17) is 14.2 Å². The molecule has 0 radical (unpaired) electrons. The van der Waals surface area contributed by atoms with Crippen molar-refractivity contribution in [3.63, 3.8) is 0 Å². The third-order valence-corrected chi connectivity index (χ3v) is 3.56. The van der Waals surface area contributed by atoms with Crippen molar-refractivity contribution in [3.8, 4) is 0 Å². The highest BCUT2D eigenvalue weighted by Gasteiger charge is 2.65. The third kappa shape index (κ3) is 2.72. The zero-order valence-corrected chi connectivity index (χ0v) is 13.0. The van der Waals surface area contributed by atoms with Gasteiger partial charge in [-0.05, 0) is 19.4 Å². The highest BCUT2D eigenvalue weighted by Crippen LogP contribution is 2.45. The first-order valence-electron chi connectivity index (χ1n) is 7.30. The number of ether oxygens (including phenoxy) is 3. The van der Waals surface area contributed by atoms with E-state index in [1.165, 1.54) is 0 Å². The second-order valence-corrected chi connectivity index (χ2v) is 4.94. The molecule has 0 aliphatic carbocycles. The van der Waals surface area contributed by atoms with Crippen molar-refractivity contribution in [2.24, 2.45) is 0 Å². The Hall–Kier alpha value is -2.63. The molecule has 0 aromatic heterocycles. The highest BCUT2D eigenvalue weighted by molar-refractivity contribution is 6.12. The monoisotopic (exact) mass is 318 g/mol. The lowest BCUT2D eigenvalue weighted by Crippen LogP contribution is -2.52. The molecule has 122 valence electrons. The van der Waals surface area contributed by atoms with Gasteiger partial charge < -0.3 is 14.2 Å². The summed E-state index contributed by atoms with van der Waals surface area (Å²) in [4.78, 5) is 37.1. The molecule has 23 heavy (non-hydrogen) atoms. The predicted molar refractivity (Wildman–Crippen MR) is 80.4 cm³/mol. The van der Waals surface area contributed by atoms with Gasteiger partial charge in [-0.3, -0.25) is 0 Å². The fraction of sp³-hybridized carbons (Fsp3) is 0.353. The SMILES string of the molecule is C=C1C(=O)OC(C(=O)OCC)(C(=O)OCC)[C@H]1c1ccccc1. The van der Waals surface area contributed by atoms with Gasteiger partial charge in [0.2, 0.25) is 0 Å². The summed E-state index contributed by atoms with van der Waals surface area (Å²) in [5.74, 6) is -3.73. The number of benzene rings is 1. The normalized spacial score (nSPS) is 19.1. The van der Waals surface area contributed by atoms with Crippen molar-refractivity contribution in [1.82, 2.24) is 0 Å². The molecule has 6 heteroatoms. The number of carbonyl (C=O) groups excluding carboxylic acids is 3. The predicted octanol–water partition coefficient (Wildman–Crippen LogP) is 1.75. The molecule has 1 aromatic rings. The van der Waals surface area contributed by atoms with Crippen molar-refractivity contribution >= 4 is 17.9 Å². The maximum atomic E-state index is 12.5. The zero-order chi connectivity index (χ0) is 17.0. The van der Waals surface area contributed by atoms with Crippen molar-refractivity contribution in [2.75, 3.05) is 13.2 Å². The van der Waals surface area contributed by atoms with Gasteiger partial charge in [-0.25, -0.2) is 14.4 Å². The molecule has 1 heterocycles. The average Bonchev–Trinajstić information content (AvgIpc) is 2.81. The lowest BCUT2D eigenvalue weighted by atomic mass is 9.79.